The number of aryl methyl sites for hydroxylation is 1. The van der Waals surface area contributed by atoms with Gasteiger partial charge in [0.1, 0.15) is 5.78 Å². The molecule has 2 nitrogen and oxygen atoms in total. The van der Waals surface area contributed by atoms with E-state index in [2.05, 4.69) is 47.4 Å². The zero-order valence-corrected chi connectivity index (χ0v) is 13.8. The molecule has 0 aliphatic carbocycles. The summed E-state index contributed by atoms with van der Waals surface area (Å²) in [6.07, 6.45) is 5.59. The van der Waals surface area contributed by atoms with Crippen molar-refractivity contribution in [2.75, 3.05) is 5.75 Å². The van der Waals surface area contributed by atoms with Gasteiger partial charge in [-0.2, -0.15) is 0 Å². The Labute approximate surface area is 140 Å². The Bertz CT molecular complexity index is 786. The zero-order chi connectivity index (χ0) is 15.9. The standard InChI is InChI=1S/C20H19NOS/c22-19(9-7-16-4-3-12-21-15-16)11-13-23-20-10-8-17-5-1-2-6-18(17)14-20/h1-6,8,10,12,14-15H,7,9,11,13H2. The van der Waals surface area contributed by atoms with Crippen LogP contribution in [0.25, 0.3) is 10.8 Å². The number of hydrogen-bond donors (Lipinski definition) is 0. The molecule has 116 valence electrons. The van der Waals surface area contributed by atoms with Crippen molar-refractivity contribution in [1.29, 1.82) is 0 Å². The van der Waals surface area contributed by atoms with Crippen LogP contribution in [0, 0.1) is 0 Å². The number of hydrogen-bond acceptors (Lipinski definition) is 3. The van der Waals surface area contributed by atoms with E-state index in [1.54, 1.807) is 18.0 Å². The summed E-state index contributed by atoms with van der Waals surface area (Å²) in [5.41, 5.74) is 1.13. The Balaban J connectivity index is 1.45. The molecule has 0 spiro atoms. The Kier molecular flexibility index (Phi) is 5.43. The van der Waals surface area contributed by atoms with E-state index in [1.165, 1.54) is 15.7 Å². The van der Waals surface area contributed by atoms with E-state index in [9.17, 15) is 4.79 Å². The highest BCUT2D eigenvalue weighted by molar-refractivity contribution is 7.99. The number of rotatable bonds is 7. The molecule has 0 bridgehead atoms. The lowest BCUT2D eigenvalue weighted by atomic mass is 10.1. The van der Waals surface area contributed by atoms with Crippen molar-refractivity contribution >= 4 is 28.3 Å². The molecule has 0 aliphatic rings. The summed E-state index contributed by atoms with van der Waals surface area (Å²) >= 11 is 1.75. The van der Waals surface area contributed by atoms with Crippen LogP contribution in [0.5, 0.6) is 0 Å². The maximum atomic E-state index is 12.0. The molecule has 3 rings (SSSR count). The molecule has 0 unspecified atom stereocenters. The van der Waals surface area contributed by atoms with E-state index in [-0.39, 0.29) is 0 Å². The minimum Gasteiger partial charge on any atom is -0.300 e. The molecule has 0 atom stereocenters. The summed E-state index contributed by atoms with van der Waals surface area (Å²) in [7, 11) is 0. The van der Waals surface area contributed by atoms with Gasteiger partial charge in [-0.05, 0) is 41.0 Å². The smallest absolute Gasteiger partial charge is 0.134 e. The Hall–Kier alpha value is -2.13. The second kappa shape index (κ2) is 7.93. The van der Waals surface area contributed by atoms with Gasteiger partial charge in [-0.1, -0.05) is 36.4 Å². The fourth-order valence-corrected chi connectivity index (χ4v) is 3.43. The van der Waals surface area contributed by atoms with Crippen LogP contribution in [-0.2, 0) is 11.2 Å². The van der Waals surface area contributed by atoms with Gasteiger partial charge in [0.25, 0.3) is 0 Å². The van der Waals surface area contributed by atoms with Gasteiger partial charge in [-0.15, -0.1) is 11.8 Å². The van der Waals surface area contributed by atoms with E-state index in [1.807, 2.05) is 18.3 Å². The van der Waals surface area contributed by atoms with E-state index >= 15 is 0 Å². The Morgan fingerprint density at radius 3 is 2.65 bits per heavy atom. The van der Waals surface area contributed by atoms with Crippen LogP contribution in [0.3, 0.4) is 0 Å². The summed E-state index contributed by atoms with van der Waals surface area (Å²) in [4.78, 5) is 17.3. The predicted octanol–water partition coefficient (Wildman–Crippen LogP) is 4.92. The fourth-order valence-electron chi connectivity index (χ4n) is 2.49. The van der Waals surface area contributed by atoms with Crippen molar-refractivity contribution < 1.29 is 4.79 Å². The maximum Gasteiger partial charge on any atom is 0.134 e. The lowest BCUT2D eigenvalue weighted by Gasteiger charge is -2.04. The molecule has 0 N–H and O–H groups in total. The van der Waals surface area contributed by atoms with Gasteiger partial charge in [0, 0.05) is 35.9 Å². The minimum absolute atomic E-state index is 0.321. The van der Waals surface area contributed by atoms with E-state index in [0.717, 1.165) is 17.7 Å². The lowest BCUT2D eigenvalue weighted by Crippen LogP contribution is -2.01. The van der Waals surface area contributed by atoms with Crippen molar-refractivity contribution in [2.24, 2.45) is 0 Å². The molecule has 1 aromatic heterocycles. The number of aromatic nitrogens is 1. The number of carbonyl (C=O) groups is 1. The molecular weight excluding hydrogens is 302 g/mol. The van der Waals surface area contributed by atoms with E-state index in [0.29, 0.717) is 18.6 Å². The first-order valence-electron chi connectivity index (χ1n) is 7.83. The van der Waals surface area contributed by atoms with E-state index < -0.39 is 0 Å². The molecule has 3 aromatic rings. The Morgan fingerprint density at radius 1 is 0.957 bits per heavy atom. The normalized spacial score (nSPS) is 10.8. The molecule has 0 radical (unpaired) electrons. The number of carbonyl (C=O) groups excluding carboxylic acids is 1. The summed E-state index contributed by atoms with van der Waals surface area (Å²) in [5.74, 6) is 1.16. The first-order valence-corrected chi connectivity index (χ1v) is 8.82. The highest BCUT2D eigenvalue weighted by Gasteiger charge is 2.04. The molecule has 1 heterocycles. The number of fused-ring (bicyclic) bond motifs is 1. The number of benzene rings is 2. The molecule has 0 saturated carbocycles. The minimum atomic E-state index is 0.321. The lowest BCUT2D eigenvalue weighted by molar-refractivity contribution is -0.118. The van der Waals surface area contributed by atoms with Crippen LogP contribution in [-0.4, -0.2) is 16.5 Å². The molecular formula is C20H19NOS. The van der Waals surface area contributed by atoms with Gasteiger partial charge in [0.2, 0.25) is 0 Å². The van der Waals surface area contributed by atoms with Crippen molar-refractivity contribution in [3.63, 3.8) is 0 Å². The number of Topliss-reactive ketones (excluding diaryl/α,β-unsaturated/α-hetero) is 1. The third-order valence-electron chi connectivity index (χ3n) is 3.79. The average molecular weight is 321 g/mol. The highest BCUT2D eigenvalue weighted by Crippen LogP contribution is 2.24. The van der Waals surface area contributed by atoms with E-state index in [4.69, 9.17) is 0 Å². The summed E-state index contributed by atoms with van der Waals surface area (Å²) in [6, 6.07) is 18.7. The molecule has 0 aliphatic heterocycles. The summed E-state index contributed by atoms with van der Waals surface area (Å²) in [5, 5.41) is 2.50. The molecule has 3 heteroatoms. The van der Waals surface area contributed by atoms with Gasteiger partial charge in [0.05, 0.1) is 0 Å². The SMILES string of the molecule is O=C(CCSc1ccc2ccccc2c1)CCc1cccnc1. The van der Waals surface area contributed by atoms with Crippen molar-refractivity contribution in [3.05, 3.63) is 72.6 Å². The van der Waals surface area contributed by atoms with Gasteiger partial charge in [0.15, 0.2) is 0 Å². The number of pyridine rings is 1. The maximum absolute atomic E-state index is 12.0. The second-order valence-corrected chi connectivity index (χ2v) is 6.68. The predicted molar refractivity (Wildman–Crippen MR) is 96.9 cm³/mol. The van der Waals surface area contributed by atoms with Crippen LogP contribution in [0.1, 0.15) is 18.4 Å². The average Bonchev–Trinajstić information content (AvgIpc) is 2.61. The van der Waals surface area contributed by atoms with Crippen LogP contribution in [0.2, 0.25) is 0 Å². The van der Waals surface area contributed by atoms with Gasteiger partial charge in [-0.25, -0.2) is 0 Å². The molecule has 2 aromatic carbocycles. The van der Waals surface area contributed by atoms with Gasteiger partial charge >= 0.3 is 0 Å². The van der Waals surface area contributed by atoms with Crippen molar-refractivity contribution in [2.45, 2.75) is 24.2 Å². The highest BCUT2D eigenvalue weighted by atomic mass is 32.2. The quantitative estimate of drug-likeness (QED) is 0.579. The zero-order valence-electron chi connectivity index (χ0n) is 12.9. The Morgan fingerprint density at radius 2 is 1.83 bits per heavy atom. The van der Waals surface area contributed by atoms with Gasteiger partial charge < -0.3 is 0 Å². The largest absolute Gasteiger partial charge is 0.300 e. The topological polar surface area (TPSA) is 30.0 Å². The monoisotopic (exact) mass is 321 g/mol. The number of thioether (sulfide) groups is 1. The summed E-state index contributed by atoms with van der Waals surface area (Å²) < 4.78 is 0. The molecule has 0 fully saturated rings. The van der Waals surface area contributed by atoms with Crippen LogP contribution >= 0.6 is 11.8 Å². The van der Waals surface area contributed by atoms with Crippen molar-refractivity contribution in [3.8, 4) is 0 Å². The summed E-state index contributed by atoms with van der Waals surface area (Å²) in [6.45, 7) is 0. The molecule has 0 amide bonds. The van der Waals surface area contributed by atoms with Gasteiger partial charge in [-0.3, -0.25) is 9.78 Å². The fraction of sp³-hybridized carbons (Fsp3) is 0.200. The molecule has 23 heavy (non-hydrogen) atoms. The van der Waals surface area contributed by atoms with Crippen molar-refractivity contribution in [1.82, 2.24) is 4.98 Å². The second-order valence-electron chi connectivity index (χ2n) is 5.51. The third-order valence-corrected chi connectivity index (χ3v) is 4.78. The number of ketones is 1. The first kappa shape index (κ1) is 15.8. The van der Waals surface area contributed by atoms with Crippen LogP contribution in [0.4, 0.5) is 0 Å². The number of nitrogens with zero attached hydrogens (tertiary/aromatic N) is 1. The first-order chi connectivity index (χ1) is 11.3. The van der Waals surface area contributed by atoms with Crippen LogP contribution in [0.15, 0.2) is 71.9 Å². The third kappa shape index (κ3) is 4.67. The molecule has 0 saturated heterocycles. The van der Waals surface area contributed by atoms with Crippen LogP contribution < -0.4 is 0 Å².